The SMILES string of the molecule is CCCCOCCOCCOc1ccc(C#Cc2ccc3c(c2)C(CCCC)(CCCC)c2cc(-c4ccc5c(c4)C(CCCC)(CCCC)c4cc(C#Cc6ccc7c(c6)-c6cc(C#Cc8ccc9c(c8)C(CCCC)(CCCC)c8cc(-c%10ccc%11c(c%10)C(CCCC)(CCCC)c%10cc(I)ccc%10-%11)ccc8-9)ccc6S7(=O)=O)ccc4-5)ccc2-3)cc1. The first-order valence-electron chi connectivity index (χ1n) is 47.0. The Kier molecular flexibility index (Phi) is 27.3. The van der Waals surface area contributed by atoms with Crippen molar-refractivity contribution >= 4 is 32.4 Å². The van der Waals surface area contributed by atoms with Crippen LogP contribution in [0.25, 0.3) is 77.9 Å². The third kappa shape index (κ3) is 17.0. The van der Waals surface area contributed by atoms with E-state index in [-0.39, 0.29) is 21.7 Å². The molecule has 0 fully saturated rings. The van der Waals surface area contributed by atoms with Gasteiger partial charge in [0.2, 0.25) is 9.84 Å². The van der Waals surface area contributed by atoms with Gasteiger partial charge in [-0.05, 0) is 325 Å². The Morgan fingerprint density at radius 1 is 0.252 bits per heavy atom. The molecular weight excluding hydrogens is 1630 g/mol. The van der Waals surface area contributed by atoms with E-state index in [0.29, 0.717) is 47.3 Å². The Hall–Kier alpha value is -9.50. The number of sulfone groups is 1. The quantitative estimate of drug-likeness (QED) is 0.0222. The fourth-order valence-corrected chi connectivity index (χ4v) is 23.6. The largest absolute Gasteiger partial charge is 0.491 e. The third-order valence-corrected chi connectivity index (χ3v) is 30.5. The van der Waals surface area contributed by atoms with Crippen LogP contribution < -0.4 is 4.74 Å². The molecule has 7 heteroatoms. The van der Waals surface area contributed by atoms with E-state index < -0.39 is 9.84 Å². The standard InChI is InChI=1S/C116H123IO5S/c1-10-19-58-113(59-20-11-2)103-73-84(29-28-81-34-46-92(47-35-81)122-70-69-121-68-67-120-66-27-18-9)36-48-93(103)96-51-41-87(76-106(96)113)88-42-52-97-94-49-37-85(74-104(94)114(60-21-12-3,61-22-13-4)107(97)77-88)32-30-82-39-56-111-101(71-82)102-72-83(40-57-112(102)123(111,118)119)31-33-86-38-50-95-98-53-43-89(78-108(98)115(62-23-14-5,63-24-15-6)105(95)75-86)90-44-54-99-100-55-45-91(117)80-110(100)116(64-25-16-7,65-26-17-8)109(99)79-90/h34-57,71-80H,10-27,58-70H2,1-9H3. The lowest BCUT2D eigenvalue weighted by molar-refractivity contribution is 0.0356. The second kappa shape index (κ2) is 38.5. The number of halogens is 1. The first-order valence-corrected chi connectivity index (χ1v) is 49.5. The van der Waals surface area contributed by atoms with E-state index in [1.807, 2.05) is 48.5 Å². The monoisotopic (exact) mass is 1750 g/mol. The van der Waals surface area contributed by atoms with Gasteiger partial charge in [-0.1, -0.05) is 280 Å². The van der Waals surface area contributed by atoms with E-state index in [4.69, 9.17) is 14.2 Å². The summed E-state index contributed by atoms with van der Waals surface area (Å²) in [7, 11) is -3.78. The lowest BCUT2D eigenvalue weighted by atomic mass is 9.69. The third-order valence-electron chi connectivity index (χ3n) is 28.0. The molecule has 1 heterocycles. The van der Waals surface area contributed by atoms with Gasteiger partial charge in [0.05, 0.1) is 29.6 Å². The van der Waals surface area contributed by atoms with Gasteiger partial charge in [-0.15, -0.1) is 0 Å². The molecule has 0 saturated carbocycles. The number of ether oxygens (including phenoxy) is 3. The zero-order chi connectivity index (χ0) is 85.3. The minimum Gasteiger partial charge on any atom is -0.491 e. The van der Waals surface area contributed by atoms with Crippen molar-refractivity contribution in [3.8, 4) is 119 Å². The van der Waals surface area contributed by atoms with Crippen LogP contribution in [-0.4, -0.2) is 41.5 Å². The van der Waals surface area contributed by atoms with E-state index in [0.717, 1.165) is 174 Å². The highest BCUT2D eigenvalue weighted by atomic mass is 127. The van der Waals surface area contributed by atoms with E-state index >= 15 is 0 Å². The van der Waals surface area contributed by atoms with Crippen molar-refractivity contribution in [2.24, 2.45) is 0 Å². The Labute approximate surface area is 749 Å². The van der Waals surface area contributed by atoms with Crippen molar-refractivity contribution in [3.05, 3.63) is 288 Å². The normalized spacial score (nSPS) is 14.6. The molecule has 0 atom stereocenters. The first kappa shape index (κ1) is 87.0. The highest BCUT2D eigenvalue weighted by Crippen LogP contribution is 2.61. The van der Waals surface area contributed by atoms with Crippen molar-refractivity contribution in [3.63, 3.8) is 0 Å². The summed E-state index contributed by atoms with van der Waals surface area (Å²) in [5.41, 5.74) is 33.9. The van der Waals surface area contributed by atoms with Crippen LogP contribution in [-0.2, 0) is 41.0 Å². The molecule has 630 valence electrons. The van der Waals surface area contributed by atoms with Crippen LogP contribution in [0.3, 0.4) is 0 Å². The van der Waals surface area contributed by atoms with E-state index in [1.54, 1.807) is 12.1 Å². The molecule has 1 aliphatic heterocycles. The molecule has 0 amide bonds. The molecule has 16 rings (SSSR count). The van der Waals surface area contributed by atoms with E-state index in [2.05, 4.69) is 266 Å². The summed E-state index contributed by atoms with van der Waals surface area (Å²) in [6.45, 7) is 23.8. The summed E-state index contributed by atoms with van der Waals surface area (Å²) in [5, 5.41) is 0. The van der Waals surface area contributed by atoms with Gasteiger partial charge in [-0.25, -0.2) is 8.42 Å². The van der Waals surface area contributed by atoms with Crippen molar-refractivity contribution in [1.82, 2.24) is 0 Å². The lowest BCUT2D eigenvalue weighted by Crippen LogP contribution is -2.26. The van der Waals surface area contributed by atoms with E-state index in [1.165, 1.54) is 153 Å². The van der Waals surface area contributed by atoms with Crippen LogP contribution >= 0.6 is 22.6 Å². The molecule has 0 saturated heterocycles. The number of hydrogen-bond acceptors (Lipinski definition) is 5. The maximum Gasteiger partial charge on any atom is 0.207 e. The highest BCUT2D eigenvalue weighted by molar-refractivity contribution is 14.1. The summed E-state index contributed by atoms with van der Waals surface area (Å²) < 4.78 is 47.7. The molecule has 0 unspecified atom stereocenters. The molecule has 4 aliphatic carbocycles. The van der Waals surface area contributed by atoms with Crippen LogP contribution in [0.2, 0.25) is 0 Å². The average Bonchev–Trinajstić information content (AvgIpc) is 1.58. The molecule has 0 N–H and O–H groups in total. The second-order valence-electron chi connectivity index (χ2n) is 35.8. The van der Waals surface area contributed by atoms with Crippen LogP contribution in [0.1, 0.15) is 307 Å². The fraction of sp³-hybridized carbons (Fsp3) is 0.379. The Bertz CT molecular complexity index is 6020. The van der Waals surface area contributed by atoms with Crippen LogP contribution in [0.4, 0.5) is 0 Å². The lowest BCUT2D eigenvalue weighted by Gasteiger charge is -2.33. The van der Waals surface area contributed by atoms with Gasteiger partial charge in [-0.2, -0.15) is 0 Å². The van der Waals surface area contributed by atoms with Gasteiger partial charge in [0.1, 0.15) is 12.4 Å². The highest BCUT2D eigenvalue weighted by Gasteiger charge is 2.48. The number of rotatable bonds is 36. The minimum absolute atomic E-state index is 0.00982. The van der Waals surface area contributed by atoms with Gasteiger partial charge >= 0.3 is 0 Å². The maximum absolute atomic E-state index is 14.5. The summed E-state index contributed by atoms with van der Waals surface area (Å²) in [6.07, 6.45) is 29.2. The van der Waals surface area contributed by atoms with Crippen molar-refractivity contribution in [1.29, 1.82) is 0 Å². The minimum atomic E-state index is -3.78. The predicted molar refractivity (Wildman–Crippen MR) is 521 cm³/mol. The smallest absolute Gasteiger partial charge is 0.207 e. The number of fused-ring (bicyclic) bond motifs is 15. The Morgan fingerprint density at radius 3 is 0.829 bits per heavy atom. The van der Waals surface area contributed by atoms with Crippen LogP contribution in [0, 0.1) is 39.1 Å². The summed E-state index contributed by atoms with van der Waals surface area (Å²) in [5.74, 6) is 22.3. The van der Waals surface area contributed by atoms with Gasteiger partial charge in [0.15, 0.2) is 0 Å². The van der Waals surface area contributed by atoms with Gasteiger partial charge in [-0.3, -0.25) is 0 Å². The van der Waals surface area contributed by atoms with Gasteiger partial charge in [0, 0.05) is 76.3 Å². The average molecular weight is 1760 g/mol. The number of benzene rings is 11. The molecule has 0 aromatic heterocycles. The molecule has 123 heavy (non-hydrogen) atoms. The molecular formula is C116H123IO5S. The molecule has 0 spiro atoms. The maximum atomic E-state index is 14.5. The topological polar surface area (TPSA) is 61.8 Å². The second-order valence-corrected chi connectivity index (χ2v) is 38.9. The summed E-state index contributed by atoms with van der Waals surface area (Å²) >= 11 is 2.52. The summed E-state index contributed by atoms with van der Waals surface area (Å²) in [4.78, 5) is 0.632. The summed E-state index contributed by atoms with van der Waals surface area (Å²) in [6, 6.07) is 77.1. The fourth-order valence-electron chi connectivity index (χ4n) is 21.5. The molecule has 5 aliphatic rings. The van der Waals surface area contributed by atoms with Crippen LogP contribution in [0.5, 0.6) is 5.75 Å². The molecule has 0 bridgehead atoms. The van der Waals surface area contributed by atoms with Crippen LogP contribution in [0.15, 0.2) is 216 Å². The van der Waals surface area contributed by atoms with Crippen molar-refractivity contribution < 1.29 is 22.6 Å². The Balaban J connectivity index is 0.665. The van der Waals surface area contributed by atoms with Crippen molar-refractivity contribution in [2.45, 2.75) is 261 Å². The molecule has 0 radical (unpaired) electrons. The first-order chi connectivity index (χ1) is 60.1. The van der Waals surface area contributed by atoms with Gasteiger partial charge < -0.3 is 14.2 Å². The van der Waals surface area contributed by atoms with Gasteiger partial charge in [0.25, 0.3) is 0 Å². The molecule has 11 aromatic rings. The van der Waals surface area contributed by atoms with E-state index in [9.17, 15) is 8.42 Å². The Morgan fingerprint density at radius 2 is 0.504 bits per heavy atom. The van der Waals surface area contributed by atoms with Crippen molar-refractivity contribution in [2.75, 3.05) is 33.0 Å². The zero-order valence-corrected chi connectivity index (χ0v) is 77.4. The molecule has 11 aromatic carbocycles. The number of unbranched alkanes of at least 4 members (excludes halogenated alkanes) is 9. The molecule has 5 nitrogen and oxygen atoms in total. The zero-order valence-electron chi connectivity index (χ0n) is 74.4. The number of hydrogen-bond donors (Lipinski definition) is 0. The predicted octanol–water partition coefficient (Wildman–Crippen LogP) is 30.4.